The fourth-order valence-corrected chi connectivity index (χ4v) is 3.47. The van der Waals surface area contributed by atoms with Crippen LogP contribution in [0.15, 0.2) is 55.6 Å². The number of ether oxygens (including phenoxy) is 2. The number of aliphatic hydroxyl groups is 1. The lowest BCUT2D eigenvalue weighted by Crippen LogP contribution is -2.50. The summed E-state index contributed by atoms with van der Waals surface area (Å²) in [5.74, 6) is -1.32. The van der Waals surface area contributed by atoms with Crippen molar-refractivity contribution in [1.29, 1.82) is 0 Å². The predicted octanol–water partition coefficient (Wildman–Crippen LogP) is 3.88. The summed E-state index contributed by atoms with van der Waals surface area (Å²) in [5, 5.41) is 10.8. The highest BCUT2D eigenvalue weighted by atomic mass is 28.4. The Morgan fingerprint density at radius 2 is 1.76 bits per heavy atom. The molecule has 0 bridgehead atoms. The molecule has 3 atom stereocenters. The SMILES string of the molecule is C=CC(=O)O[C@H](COC(=O)c1ccccc1)[C@@H](O)[C@@H](C=C)O[Si](C)(C)C(C)(C)C. The minimum absolute atomic E-state index is 0.0962. The monoisotopic (exact) mass is 420 g/mol. The Kier molecular flexibility index (Phi) is 9.00. The molecular weight excluding hydrogens is 388 g/mol. The molecule has 7 heteroatoms. The molecule has 0 radical (unpaired) electrons. The normalized spacial score (nSPS) is 15.0. The van der Waals surface area contributed by atoms with E-state index in [0.717, 1.165) is 6.08 Å². The quantitative estimate of drug-likeness (QED) is 0.268. The van der Waals surface area contributed by atoms with Crippen LogP contribution in [0, 0.1) is 0 Å². The molecule has 0 aliphatic rings. The van der Waals surface area contributed by atoms with Gasteiger partial charge in [-0.3, -0.25) is 0 Å². The molecule has 1 aromatic carbocycles. The zero-order valence-electron chi connectivity index (χ0n) is 17.9. The fraction of sp³-hybridized carbons (Fsp3) is 0.455. The summed E-state index contributed by atoms with van der Waals surface area (Å²) in [5.41, 5.74) is 0.355. The van der Waals surface area contributed by atoms with Crippen molar-refractivity contribution >= 4 is 20.3 Å². The summed E-state index contributed by atoms with van der Waals surface area (Å²) in [4.78, 5) is 24.0. The van der Waals surface area contributed by atoms with Crippen LogP contribution in [-0.4, -0.2) is 50.3 Å². The van der Waals surface area contributed by atoms with Gasteiger partial charge in [0.15, 0.2) is 14.4 Å². The molecule has 1 aromatic rings. The first-order chi connectivity index (χ1) is 13.4. The zero-order valence-corrected chi connectivity index (χ0v) is 18.9. The van der Waals surface area contributed by atoms with Gasteiger partial charge in [-0.05, 0) is 30.3 Å². The molecule has 160 valence electrons. The number of carbonyl (C=O) groups excluding carboxylic acids is 2. The fourth-order valence-electron chi connectivity index (χ4n) is 2.20. The molecule has 1 rings (SSSR count). The number of carbonyl (C=O) groups is 2. The highest BCUT2D eigenvalue weighted by molar-refractivity contribution is 6.74. The van der Waals surface area contributed by atoms with E-state index in [1.165, 1.54) is 6.08 Å². The van der Waals surface area contributed by atoms with Gasteiger partial charge in [0, 0.05) is 6.08 Å². The van der Waals surface area contributed by atoms with Crippen LogP contribution >= 0.6 is 0 Å². The maximum absolute atomic E-state index is 12.2. The van der Waals surface area contributed by atoms with Crippen molar-refractivity contribution in [2.24, 2.45) is 0 Å². The number of hydrogen-bond acceptors (Lipinski definition) is 6. The smallest absolute Gasteiger partial charge is 0.338 e. The first-order valence-corrected chi connectivity index (χ1v) is 12.4. The van der Waals surface area contributed by atoms with Gasteiger partial charge in [0.2, 0.25) is 0 Å². The lowest BCUT2D eigenvalue weighted by molar-refractivity contribution is -0.156. The van der Waals surface area contributed by atoms with Crippen molar-refractivity contribution in [2.75, 3.05) is 6.61 Å². The molecule has 0 saturated carbocycles. The average Bonchev–Trinajstić information content (AvgIpc) is 2.68. The second kappa shape index (κ2) is 10.5. The van der Waals surface area contributed by atoms with E-state index in [4.69, 9.17) is 13.9 Å². The molecule has 0 unspecified atom stereocenters. The van der Waals surface area contributed by atoms with E-state index < -0.39 is 38.6 Å². The standard InChI is InChI=1S/C22H32O6Si/c1-8-17(28-29(6,7)22(3,4)5)20(24)18(27-19(23)9-2)15-26-21(25)16-13-11-10-12-14-16/h8-14,17-18,20,24H,1-2,15H2,3-7H3/t17-,18-,20+/m1/s1. The van der Waals surface area contributed by atoms with Crippen LogP contribution < -0.4 is 0 Å². The van der Waals surface area contributed by atoms with Gasteiger partial charge in [0.25, 0.3) is 0 Å². The van der Waals surface area contributed by atoms with Crippen molar-refractivity contribution < 1.29 is 28.6 Å². The molecule has 0 aromatic heterocycles. The van der Waals surface area contributed by atoms with Crippen molar-refractivity contribution in [3.05, 3.63) is 61.2 Å². The average molecular weight is 421 g/mol. The largest absolute Gasteiger partial charge is 0.458 e. The third kappa shape index (κ3) is 7.27. The van der Waals surface area contributed by atoms with Gasteiger partial charge in [0.05, 0.1) is 11.7 Å². The summed E-state index contributed by atoms with van der Waals surface area (Å²) >= 11 is 0. The van der Waals surface area contributed by atoms with Gasteiger partial charge in [-0.15, -0.1) is 6.58 Å². The zero-order chi connectivity index (χ0) is 22.2. The second-order valence-electron chi connectivity index (χ2n) is 8.21. The van der Waals surface area contributed by atoms with E-state index in [2.05, 4.69) is 33.9 Å². The van der Waals surface area contributed by atoms with E-state index in [9.17, 15) is 14.7 Å². The highest BCUT2D eigenvalue weighted by Gasteiger charge is 2.42. The van der Waals surface area contributed by atoms with E-state index in [0.29, 0.717) is 5.56 Å². The lowest BCUT2D eigenvalue weighted by atomic mass is 10.1. The van der Waals surface area contributed by atoms with E-state index in [-0.39, 0.29) is 11.6 Å². The topological polar surface area (TPSA) is 82.1 Å². The van der Waals surface area contributed by atoms with Crippen LogP contribution in [0.1, 0.15) is 31.1 Å². The second-order valence-corrected chi connectivity index (χ2v) is 13.0. The van der Waals surface area contributed by atoms with Gasteiger partial charge in [0.1, 0.15) is 12.7 Å². The third-order valence-electron chi connectivity index (χ3n) is 5.01. The van der Waals surface area contributed by atoms with Gasteiger partial charge in [-0.2, -0.15) is 0 Å². The first-order valence-electron chi connectivity index (χ1n) is 9.46. The van der Waals surface area contributed by atoms with Gasteiger partial charge in [-0.25, -0.2) is 9.59 Å². The molecule has 29 heavy (non-hydrogen) atoms. The molecule has 0 aliphatic heterocycles. The number of esters is 2. The summed E-state index contributed by atoms with van der Waals surface area (Å²) in [6.07, 6.45) is -0.751. The van der Waals surface area contributed by atoms with E-state index in [1.807, 2.05) is 13.1 Å². The molecule has 1 N–H and O–H groups in total. The maximum Gasteiger partial charge on any atom is 0.338 e. The van der Waals surface area contributed by atoms with Crippen molar-refractivity contribution in [3.63, 3.8) is 0 Å². The van der Waals surface area contributed by atoms with E-state index >= 15 is 0 Å². The molecule has 0 heterocycles. The lowest BCUT2D eigenvalue weighted by Gasteiger charge is -2.40. The summed E-state index contributed by atoms with van der Waals surface area (Å²) in [6, 6.07) is 8.41. The Balaban J connectivity index is 2.96. The minimum atomic E-state index is -2.24. The summed E-state index contributed by atoms with van der Waals surface area (Å²) in [7, 11) is -2.24. The Morgan fingerprint density at radius 1 is 1.17 bits per heavy atom. The Hall–Kier alpha value is -2.22. The van der Waals surface area contributed by atoms with Crippen molar-refractivity contribution in [1.82, 2.24) is 0 Å². The number of benzene rings is 1. The van der Waals surface area contributed by atoms with Gasteiger partial charge < -0.3 is 19.0 Å². The van der Waals surface area contributed by atoms with Crippen LogP contribution in [0.25, 0.3) is 0 Å². The Morgan fingerprint density at radius 3 is 2.24 bits per heavy atom. The van der Waals surface area contributed by atoms with Crippen LogP contribution in [0.5, 0.6) is 0 Å². The molecule has 0 fully saturated rings. The molecule has 0 spiro atoms. The first kappa shape index (κ1) is 24.8. The van der Waals surface area contributed by atoms with Crippen LogP contribution in [0.2, 0.25) is 18.1 Å². The third-order valence-corrected chi connectivity index (χ3v) is 9.48. The van der Waals surface area contributed by atoms with Crippen molar-refractivity contribution in [3.8, 4) is 0 Å². The molecule has 0 aliphatic carbocycles. The van der Waals surface area contributed by atoms with Crippen molar-refractivity contribution in [2.45, 2.75) is 57.2 Å². The maximum atomic E-state index is 12.2. The van der Waals surface area contributed by atoms with Crippen LogP contribution in [-0.2, 0) is 18.7 Å². The predicted molar refractivity (Wildman–Crippen MR) is 115 cm³/mol. The Bertz CT molecular complexity index is 708. The number of rotatable bonds is 10. The number of aliphatic hydroxyl groups excluding tert-OH is 1. The summed E-state index contributed by atoms with van der Waals surface area (Å²) in [6.45, 7) is 17.1. The summed E-state index contributed by atoms with van der Waals surface area (Å²) < 4.78 is 16.7. The molecule has 0 amide bonds. The Labute approximate surface area is 174 Å². The molecular formula is C22H32O6Si. The van der Waals surface area contributed by atoms with E-state index in [1.54, 1.807) is 30.3 Å². The van der Waals surface area contributed by atoms with Crippen LogP contribution in [0.3, 0.4) is 0 Å². The molecule has 6 nitrogen and oxygen atoms in total. The minimum Gasteiger partial charge on any atom is -0.458 e. The van der Waals surface area contributed by atoms with Gasteiger partial charge in [-0.1, -0.05) is 51.6 Å². The van der Waals surface area contributed by atoms with Gasteiger partial charge >= 0.3 is 11.9 Å². The number of hydrogen-bond donors (Lipinski definition) is 1. The van der Waals surface area contributed by atoms with Crippen LogP contribution in [0.4, 0.5) is 0 Å². The molecule has 0 saturated heterocycles. The highest BCUT2D eigenvalue weighted by Crippen LogP contribution is 2.38.